The topological polar surface area (TPSA) is 66.7 Å². The maximum Gasteiger partial charge on any atom is 0.315 e. The second kappa shape index (κ2) is 8.32. The molecule has 0 aromatic carbocycles. The van der Waals surface area contributed by atoms with Crippen LogP contribution in [-0.4, -0.2) is 43.8 Å². The standard InChI is InChI=1S/C17H23N3O3S/c1-13-4-5-16(23-13)15(20-6-8-22-9-7-20)12-19-17(21)18-11-14-3-2-10-24-14/h2-5,10,15H,6-9,11-12H2,1H3,(H2,18,19,21)/t15-/m0/s1. The van der Waals surface area contributed by atoms with Crippen molar-refractivity contribution in [2.45, 2.75) is 19.5 Å². The Morgan fingerprint density at radius 2 is 2.12 bits per heavy atom. The molecule has 1 fully saturated rings. The van der Waals surface area contributed by atoms with Crippen molar-refractivity contribution in [1.29, 1.82) is 0 Å². The van der Waals surface area contributed by atoms with Crippen LogP contribution in [0.4, 0.5) is 4.79 Å². The van der Waals surface area contributed by atoms with Gasteiger partial charge in [-0.15, -0.1) is 11.3 Å². The molecule has 3 rings (SSSR count). The lowest BCUT2D eigenvalue weighted by Crippen LogP contribution is -2.45. The van der Waals surface area contributed by atoms with Gasteiger partial charge in [-0.25, -0.2) is 4.79 Å². The van der Waals surface area contributed by atoms with E-state index < -0.39 is 0 Å². The summed E-state index contributed by atoms with van der Waals surface area (Å²) in [6, 6.07) is 7.79. The maximum absolute atomic E-state index is 12.1. The zero-order valence-electron chi connectivity index (χ0n) is 13.8. The highest BCUT2D eigenvalue weighted by atomic mass is 32.1. The molecule has 2 amide bonds. The van der Waals surface area contributed by atoms with Crippen LogP contribution in [0.3, 0.4) is 0 Å². The van der Waals surface area contributed by atoms with Crippen molar-refractivity contribution in [2.24, 2.45) is 0 Å². The molecule has 3 heterocycles. The molecule has 0 unspecified atom stereocenters. The Morgan fingerprint density at radius 1 is 1.29 bits per heavy atom. The van der Waals surface area contributed by atoms with E-state index >= 15 is 0 Å². The molecule has 0 bridgehead atoms. The average Bonchev–Trinajstić information content (AvgIpc) is 3.26. The van der Waals surface area contributed by atoms with Crippen molar-refractivity contribution < 1.29 is 13.9 Å². The normalized spacial score (nSPS) is 16.7. The summed E-state index contributed by atoms with van der Waals surface area (Å²) >= 11 is 1.63. The van der Waals surface area contributed by atoms with Gasteiger partial charge in [-0.1, -0.05) is 6.07 Å². The highest BCUT2D eigenvalue weighted by Crippen LogP contribution is 2.23. The Balaban J connectivity index is 1.55. The van der Waals surface area contributed by atoms with Gasteiger partial charge in [0.2, 0.25) is 0 Å². The van der Waals surface area contributed by atoms with E-state index in [2.05, 4.69) is 15.5 Å². The number of carbonyl (C=O) groups excluding carboxylic acids is 1. The number of carbonyl (C=O) groups is 1. The Bertz CT molecular complexity index is 635. The van der Waals surface area contributed by atoms with Crippen molar-refractivity contribution in [3.63, 3.8) is 0 Å². The minimum atomic E-state index is -0.162. The lowest BCUT2D eigenvalue weighted by atomic mass is 10.1. The van der Waals surface area contributed by atoms with Gasteiger partial charge in [-0.05, 0) is 30.5 Å². The van der Waals surface area contributed by atoms with Crippen molar-refractivity contribution in [2.75, 3.05) is 32.8 Å². The molecule has 1 atom stereocenters. The maximum atomic E-state index is 12.1. The number of ether oxygens (including phenoxy) is 1. The number of furan rings is 1. The fourth-order valence-corrected chi connectivity index (χ4v) is 3.41. The van der Waals surface area contributed by atoms with Crippen LogP contribution in [0.2, 0.25) is 0 Å². The van der Waals surface area contributed by atoms with Gasteiger partial charge in [-0.2, -0.15) is 0 Å². The third-order valence-electron chi connectivity index (χ3n) is 4.04. The monoisotopic (exact) mass is 349 g/mol. The summed E-state index contributed by atoms with van der Waals surface area (Å²) in [5, 5.41) is 7.85. The Kier molecular flexibility index (Phi) is 5.90. The second-order valence-corrected chi connectivity index (χ2v) is 6.79. The third-order valence-corrected chi connectivity index (χ3v) is 4.91. The summed E-state index contributed by atoms with van der Waals surface area (Å²) in [5.74, 6) is 1.76. The van der Waals surface area contributed by atoms with Crippen LogP contribution in [0.25, 0.3) is 0 Å². The van der Waals surface area contributed by atoms with Gasteiger partial charge >= 0.3 is 6.03 Å². The molecule has 24 heavy (non-hydrogen) atoms. The zero-order chi connectivity index (χ0) is 16.8. The summed E-state index contributed by atoms with van der Waals surface area (Å²) in [7, 11) is 0. The van der Waals surface area contributed by atoms with Gasteiger partial charge in [0.15, 0.2) is 0 Å². The highest BCUT2D eigenvalue weighted by Gasteiger charge is 2.25. The molecule has 0 spiro atoms. The van der Waals surface area contributed by atoms with E-state index in [1.165, 1.54) is 0 Å². The Morgan fingerprint density at radius 3 is 2.79 bits per heavy atom. The highest BCUT2D eigenvalue weighted by molar-refractivity contribution is 7.09. The van der Waals surface area contributed by atoms with E-state index in [0.29, 0.717) is 26.3 Å². The lowest BCUT2D eigenvalue weighted by molar-refractivity contribution is 0.0121. The molecule has 2 N–H and O–H groups in total. The summed E-state index contributed by atoms with van der Waals surface area (Å²) < 4.78 is 11.2. The number of rotatable bonds is 6. The molecule has 0 aliphatic carbocycles. The minimum absolute atomic E-state index is 0.0232. The van der Waals surface area contributed by atoms with Gasteiger partial charge in [-0.3, -0.25) is 4.90 Å². The van der Waals surface area contributed by atoms with Crippen LogP contribution in [0.5, 0.6) is 0 Å². The van der Waals surface area contributed by atoms with Gasteiger partial charge in [0, 0.05) is 24.5 Å². The fraction of sp³-hybridized carbons (Fsp3) is 0.471. The summed E-state index contributed by atoms with van der Waals surface area (Å²) in [5.41, 5.74) is 0. The number of nitrogens with one attached hydrogen (secondary N) is 2. The third kappa shape index (κ3) is 4.59. The molecular formula is C17H23N3O3S. The predicted octanol–water partition coefficient (Wildman–Crippen LogP) is 2.52. The number of thiophene rings is 1. The molecule has 7 heteroatoms. The second-order valence-electron chi connectivity index (χ2n) is 5.76. The lowest BCUT2D eigenvalue weighted by Gasteiger charge is -2.33. The van der Waals surface area contributed by atoms with E-state index in [1.807, 2.05) is 36.6 Å². The molecule has 0 radical (unpaired) electrons. The number of hydrogen-bond donors (Lipinski definition) is 2. The summed E-state index contributed by atoms with van der Waals surface area (Å²) in [6.45, 7) is 6.07. The molecule has 2 aromatic heterocycles. The summed E-state index contributed by atoms with van der Waals surface area (Å²) in [4.78, 5) is 15.5. The average molecular weight is 349 g/mol. The van der Waals surface area contributed by atoms with Gasteiger partial charge in [0.1, 0.15) is 11.5 Å². The fourth-order valence-electron chi connectivity index (χ4n) is 2.76. The van der Waals surface area contributed by atoms with E-state index in [1.54, 1.807) is 11.3 Å². The number of nitrogens with zero attached hydrogens (tertiary/aromatic N) is 1. The molecule has 130 valence electrons. The van der Waals surface area contributed by atoms with Gasteiger partial charge in [0.25, 0.3) is 0 Å². The van der Waals surface area contributed by atoms with Crippen molar-refractivity contribution in [3.8, 4) is 0 Å². The van der Waals surface area contributed by atoms with E-state index in [4.69, 9.17) is 9.15 Å². The van der Waals surface area contributed by atoms with Crippen molar-refractivity contribution in [3.05, 3.63) is 46.0 Å². The van der Waals surface area contributed by atoms with Crippen LogP contribution >= 0.6 is 11.3 Å². The Hall–Kier alpha value is -1.83. The molecule has 1 aliphatic heterocycles. The van der Waals surface area contributed by atoms with Crippen molar-refractivity contribution >= 4 is 17.4 Å². The first-order chi connectivity index (χ1) is 11.7. The molecule has 0 saturated carbocycles. The number of aryl methyl sites for hydroxylation is 1. The Labute approximate surface area is 145 Å². The van der Waals surface area contributed by atoms with E-state index in [9.17, 15) is 4.79 Å². The largest absolute Gasteiger partial charge is 0.465 e. The van der Waals surface area contributed by atoms with Gasteiger partial charge in [0.05, 0.1) is 25.8 Å². The van der Waals surface area contributed by atoms with Crippen LogP contribution < -0.4 is 10.6 Å². The number of urea groups is 1. The SMILES string of the molecule is Cc1ccc([C@H](CNC(=O)NCc2cccs2)N2CCOCC2)o1. The number of amides is 2. The zero-order valence-corrected chi connectivity index (χ0v) is 14.6. The van der Waals surface area contributed by atoms with Crippen LogP contribution in [0.1, 0.15) is 22.4 Å². The molecule has 6 nitrogen and oxygen atoms in total. The van der Waals surface area contributed by atoms with E-state index in [-0.39, 0.29) is 12.1 Å². The van der Waals surface area contributed by atoms with Crippen LogP contribution in [0.15, 0.2) is 34.1 Å². The van der Waals surface area contributed by atoms with Crippen molar-refractivity contribution in [1.82, 2.24) is 15.5 Å². The first-order valence-corrected chi connectivity index (χ1v) is 9.02. The molecule has 1 saturated heterocycles. The molecule has 1 aliphatic rings. The van der Waals surface area contributed by atoms with E-state index in [0.717, 1.165) is 29.5 Å². The predicted molar refractivity (Wildman–Crippen MR) is 93.1 cm³/mol. The summed E-state index contributed by atoms with van der Waals surface area (Å²) in [6.07, 6.45) is 0. The first-order valence-electron chi connectivity index (χ1n) is 8.14. The quantitative estimate of drug-likeness (QED) is 0.841. The number of hydrogen-bond acceptors (Lipinski definition) is 5. The van der Waals surface area contributed by atoms with Crippen LogP contribution in [-0.2, 0) is 11.3 Å². The minimum Gasteiger partial charge on any atom is -0.465 e. The van der Waals surface area contributed by atoms with Crippen LogP contribution in [0, 0.1) is 6.92 Å². The smallest absolute Gasteiger partial charge is 0.315 e. The van der Waals surface area contributed by atoms with Gasteiger partial charge < -0.3 is 19.8 Å². The molecule has 2 aromatic rings. The first kappa shape index (κ1) is 17.0. The number of morpholine rings is 1. The molecular weight excluding hydrogens is 326 g/mol.